The summed E-state index contributed by atoms with van der Waals surface area (Å²) in [6.07, 6.45) is 1.16. The predicted octanol–water partition coefficient (Wildman–Crippen LogP) is 1.14. The number of carbonyl (C=O) groups is 1. The van der Waals surface area contributed by atoms with Crippen molar-refractivity contribution in [2.75, 3.05) is 0 Å². The standard InChI is InChI=1S/C6H4ClNO3/c7-3-1-4(9)5(6(10)11)8-2-3/h1-2,9H,(H,10,11). The number of aromatic nitrogens is 1. The van der Waals surface area contributed by atoms with E-state index in [1.54, 1.807) is 0 Å². The Bertz CT molecular complexity index is 300. The summed E-state index contributed by atoms with van der Waals surface area (Å²) in [5.74, 6) is -1.70. The molecule has 0 aliphatic carbocycles. The molecule has 2 N–H and O–H groups in total. The van der Waals surface area contributed by atoms with Gasteiger partial charge < -0.3 is 10.2 Å². The van der Waals surface area contributed by atoms with Crippen LogP contribution in [0.3, 0.4) is 0 Å². The molecule has 0 radical (unpaired) electrons. The Hall–Kier alpha value is -1.29. The molecule has 1 rings (SSSR count). The lowest BCUT2D eigenvalue weighted by molar-refractivity contribution is 0.0687. The number of carboxylic acids is 1. The van der Waals surface area contributed by atoms with Crippen molar-refractivity contribution >= 4 is 17.6 Å². The summed E-state index contributed by atoms with van der Waals surface area (Å²) in [7, 11) is 0. The second-order valence-electron chi connectivity index (χ2n) is 1.83. The number of halogens is 1. The van der Waals surface area contributed by atoms with Crippen LogP contribution < -0.4 is 0 Å². The Morgan fingerprint density at radius 3 is 2.73 bits per heavy atom. The molecule has 1 aromatic heterocycles. The molecule has 58 valence electrons. The van der Waals surface area contributed by atoms with Crippen LogP contribution in [-0.2, 0) is 0 Å². The minimum absolute atomic E-state index is 0.201. The van der Waals surface area contributed by atoms with Crippen molar-refractivity contribution in [2.24, 2.45) is 0 Å². The molecule has 0 fully saturated rings. The highest BCUT2D eigenvalue weighted by Gasteiger charge is 2.10. The summed E-state index contributed by atoms with van der Waals surface area (Å²) < 4.78 is 0. The van der Waals surface area contributed by atoms with E-state index in [-0.39, 0.29) is 5.02 Å². The summed E-state index contributed by atoms with van der Waals surface area (Å²) in [4.78, 5) is 13.7. The molecule has 0 aliphatic heterocycles. The molecule has 0 aliphatic rings. The number of carboxylic acid groups (broad SMARTS) is 1. The number of pyridine rings is 1. The molecular formula is C6H4ClNO3. The molecule has 0 saturated heterocycles. The molecule has 0 amide bonds. The van der Waals surface area contributed by atoms with Gasteiger partial charge in [-0.3, -0.25) is 0 Å². The molecule has 0 atom stereocenters. The molecule has 0 spiro atoms. The van der Waals surface area contributed by atoms with Crippen molar-refractivity contribution in [1.29, 1.82) is 0 Å². The van der Waals surface area contributed by atoms with Gasteiger partial charge in [0.05, 0.1) is 5.02 Å². The van der Waals surface area contributed by atoms with Crippen LogP contribution in [0.5, 0.6) is 5.75 Å². The first-order chi connectivity index (χ1) is 5.11. The van der Waals surface area contributed by atoms with E-state index < -0.39 is 17.4 Å². The largest absolute Gasteiger partial charge is 0.505 e. The normalized spacial score (nSPS) is 9.55. The van der Waals surface area contributed by atoms with E-state index in [1.807, 2.05) is 0 Å². The summed E-state index contributed by atoms with van der Waals surface area (Å²) in [6, 6.07) is 1.12. The first-order valence-electron chi connectivity index (χ1n) is 2.69. The lowest BCUT2D eigenvalue weighted by Crippen LogP contribution is -1.99. The van der Waals surface area contributed by atoms with E-state index in [1.165, 1.54) is 0 Å². The van der Waals surface area contributed by atoms with Crippen LogP contribution in [0.2, 0.25) is 5.02 Å². The second kappa shape index (κ2) is 2.75. The Kier molecular flexibility index (Phi) is 1.96. The van der Waals surface area contributed by atoms with E-state index >= 15 is 0 Å². The summed E-state index contributed by atoms with van der Waals surface area (Å²) in [5.41, 5.74) is -0.394. The van der Waals surface area contributed by atoms with Crippen molar-refractivity contribution < 1.29 is 15.0 Å². The maximum atomic E-state index is 10.3. The Labute approximate surface area is 67.1 Å². The van der Waals surface area contributed by atoms with Gasteiger partial charge in [-0.25, -0.2) is 9.78 Å². The van der Waals surface area contributed by atoms with Gasteiger partial charge in [0.1, 0.15) is 5.75 Å². The van der Waals surface area contributed by atoms with E-state index in [9.17, 15) is 4.79 Å². The molecule has 1 heterocycles. The van der Waals surface area contributed by atoms with E-state index in [4.69, 9.17) is 21.8 Å². The van der Waals surface area contributed by atoms with Gasteiger partial charge in [-0.05, 0) is 0 Å². The fourth-order valence-corrected chi connectivity index (χ4v) is 0.746. The van der Waals surface area contributed by atoms with Gasteiger partial charge >= 0.3 is 5.97 Å². The Morgan fingerprint density at radius 1 is 1.64 bits per heavy atom. The average molecular weight is 174 g/mol. The third-order valence-corrected chi connectivity index (χ3v) is 1.24. The second-order valence-corrected chi connectivity index (χ2v) is 2.26. The maximum Gasteiger partial charge on any atom is 0.358 e. The minimum Gasteiger partial charge on any atom is -0.505 e. The molecule has 1 aromatic rings. The van der Waals surface area contributed by atoms with Crippen molar-refractivity contribution in [3.63, 3.8) is 0 Å². The molecular weight excluding hydrogens is 170 g/mol. The molecule has 0 bridgehead atoms. The fourth-order valence-electron chi connectivity index (χ4n) is 0.593. The monoisotopic (exact) mass is 173 g/mol. The van der Waals surface area contributed by atoms with Gasteiger partial charge in [0, 0.05) is 12.3 Å². The smallest absolute Gasteiger partial charge is 0.358 e. The highest BCUT2D eigenvalue weighted by Crippen LogP contribution is 2.18. The molecule has 11 heavy (non-hydrogen) atoms. The van der Waals surface area contributed by atoms with Crippen LogP contribution in [0.15, 0.2) is 12.3 Å². The van der Waals surface area contributed by atoms with Gasteiger partial charge in [0.15, 0.2) is 5.69 Å². The first kappa shape index (κ1) is 7.81. The van der Waals surface area contributed by atoms with E-state index in [0.717, 1.165) is 12.3 Å². The van der Waals surface area contributed by atoms with Crippen LogP contribution in [0.4, 0.5) is 0 Å². The number of hydrogen-bond acceptors (Lipinski definition) is 3. The summed E-state index contributed by atoms with van der Waals surface area (Å²) >= 11 is 5.41. The zero-order valence-corrected chi connectivity index (χ0v) is 6.04. The van der Waals surface area contributed by atoms with Crippen molar-refractivity contribution in [1.82, 2.24) is 4.98 Å². The van der Waals surface area contributed by atoms with Crippen LogP contribution >= 0.6 is 11.6 Å². The third kappa shape index (κ3) is 1.59. The number of hydrogen-bond donors (Lipinski definition) is 2. The quantitative estimate of drug-likeness (QED) is 0.668. The molecule has 0 unspecified atom stereocenters. The zero-order valence-electron chi connectivity index (χ0n) is 5.28. The Balaban J connectivity index is 3.20. The van der Waals surface area contributed by atoms with Gasteiger partial charge in [0.2, 0.25) is 0 Å². The SMILES string of the molecule is O=C(O)c1ncc(Cl)cc1O. The van der Waals surface area contributed by atoms with Crippen LogP contribution in [0, 0.1) is 0 Å². The average Bonchev–Trinajstić information content (AvgIpc) is 1.85. The third-order valence-electron chi connectivity index (χ3n) is 1.04. The molecule has 0 aromatic carbocycles. The lowest BCUT2D eigenvalue weighted by Gasteiger charge is -1.96. The van der Waals surface area contributed by atoms with Gasteiger partial charge in [-0.15, -0.1) is 0 Å². The first-order valence-corrected chi connectivity index (χ1v) is 3.07. The highest BCUT2D eigenvalue weighted by atomic mass is 35.5. The van der Waals surface area contributed by atoms with Crippen LogP contribution in [0.25, 0.3) is 0 Å². The topological polar surface area (TPSA) is 70.4 Å². The van der Waals surface area contributed by atoms with Crippen molar-refractivity contribution in [3.05, 3.63) is 23.0 Å². The number of aromatic carboxylic acids is 1. The summed E-state index contributed by atoms with van der Waals surface area (Å²) in [6.45, 7) is 0. The summed E-state index contributed by atoms with van der Waals surface area (Å²) in [5, 5.41) is 17.5. The van der Waals surface area contributed by atoms with Gasteiger partial charge in [0.25, 0.3) is 0 Å². The molecule has 0 saturated carbocycles. The van der Waals surface area contributed by atoms with Crippen molar-refractivity contribution in [2.45, 2.75) is 0 Å². The van der Waals surface area contributed by atoms with Gasteiger partial charge in [-0.2, -0.15) is 0 Å². The minimum atomic E-state index is -1.28. The fraction of sp³-hybridized carbons (Fsp3) is 0. The zero-order chi connectivity index (χ0) is 8.43. The van der Waals surface area contributed by atoms with Crippen LogP contribution in [-0.4, -0.2) is 21.2 Å². The van der Waals surface area contributed by atoms with Crippen molar-refractivity contribution in [3.8, 4) is 5.75 Å². The Morgan fingerprint density at radius 2 is 2.27 bits per heavy atom. The number of aromatic hydroxyl groups is 1. The number of nitrogens with zero attached hydrogens (tertiary/aromatic N) is 1. The van der Waals surface area contributed by atoms with Gasteiger partial charge in [-0.1, -0.05) is 11.6 Å². The predicted molar refractivity (Wildman–Crippen MR) is 37.9 cm³/mol. The lowest BCUT2D eigenvalue weighted by atomic mass is 10.3. The van der Waals surface area contributed by atoms with E-state index in [0.29, 0.717) is 0 Å². The van der Waals surface area contributed by atoms with E-state index in [2.05, 4.69) is 4.98 Å². The molecule has 5 heteroatoms. The maximum absolute atomic E-state index is 10.3. The molecule has 4 nitrogen and oxygen atoms in total. The number of rotatable bonds is 1. The van der Waals surface area contributed by atoms with Crippen LogP contribution in [0.1, 0.15) is 10.5 Å². The highest BCUT2D eigenvalue weighted by molar-refractivity contribution is 6.30.